The molecule has 0 aromatic heterocycles. The highest BCUT2D eigenvalue weighted by molar-refractivity contribution is 7.75. The molecule has 0 aromatic rings. The maximum Gasteiger partial charge on any atom is 0.0563 e. The van der Waals surface area contributed by atoms with Gasteiger partial charge in [0.2, 0.25) is 0 Å². The Morgan fingerprint density at radius 2 is 0.786 bits per heavy atom. The summed E-state index contributed by atoms with van der Waals surface area (Å²) in [5, 5.41) is 0. The van der Waals surface area contributed by atoms with E-state index in [0.717, 1.165) is 12.8 Å². The van der Waals surface area contributed by atoms with Gasteiger partial charge in [0.15, 0.2) is 0 Å². The molecule has 0 aliphatic heterocycles. The summed E-state index contributed by atoms with van der Waals surface area (Å²) < 4.78 is 0. The molecule has 0 fully saturated rings. The number of hydrogen-bond acceptors (Lipinski definition) is 2. The second-order valence-corrected chi connectivity index (χ2v) is 19.7. The van der Waals surface area contributed by atoms with Crippen LogP contribution in [0.4, 0.5) is 0 Å². The summed E-state index contributed by atoms with van der Waals surface area (Å²) in [6.07, 6.45) is 17.2. The molecule has 0 unspecified atom stereocenters. The van der Waals surface area contributed by atoms with Crippen molar-refractivity contribution in [2.75, 3.05) is 56.5 Å². The van der Waals surface area contributed by atoms with Crippen LogP contribution in [0.2, 0.25) is 0 Å². The van der Waals surface area contributed by atoms with Crippen LogP contribution in [0.3, 0.4) is 0 Å². The van der Waals surface area contributed by atoms with Gasteiger partial charge in [-0.15, -0.1) is 0 Å². The molecule has 0 N–H and O–H groups in total. The van der Waals surface area contributed by atoms with E-state index in [-0.39, 0.29) is 0 Å². The van der Waals surface area contributed by atoms with Gasteiger partial charge in [0.1, 0.15) is 0 Å². The monoisotopic (exact) mass is 456 g/mol. The van der Waals surface area contributed by atoms with Gasteiger partial charge < -0.3 is 18.2 Å². The van der Waals surface area contributed by atoms with Crippen LogP contribution in [-0.4, -0.2) is 56.5 Å². The van der Waals surface area contributed by atoms with Crippen molar-refractivity contribution in [2.45, 2.75) is 93.4 Å². The number of unbranched alkanes of at least 4 members (excludes halogenated alkanes) is 6. The Labute approximate surface area is 182 Å². The zero-order valence-corrected chi connectivity index (χ0v) is 23.7. The summed E-state index contributed by atoms with van der Waals surface area (Å²) in [5.74, 6) is 0. The molecule has 2 nitrogen and oxygen atoms in total. The predicted molar refractivity (Wildman–Crippen MR) is 139 cm³/mol. The van der Waals surface area contributed by atoms with Crippen LogP contribution in [0.15, 0.2) is 0 Å². The van der Waals surface area contributed by atoms with Gasteiger partial charge in [-0.3, -0.25) is 0 Å². The Morgan fingerprint density at radius 3 is 1.00 bits per heavy atom. The molecule has 0 heterocycles. The van der Waals surface area contributed by atoms with E-state index in [0.29, 0.717) is 6.16 Å². The molecule has 0 saturated heterocycles. The summed E-state index contributed by atoms with van der Waals surface area (Å²) in [6, 6.07) is 0. The average Bonchev–Trinajstić information content (AvgIpc) is 2.72. The van der Waals surface area contributed by atoms with Crippen LogP contribution >= 0.6 is 22.9 Å². The molecule has 0 aliphatic carbocycles. The maximum atomic E-state index is 10.2. The Balaban J connectivity index is -0.000000347. The van der Waals surface area contributed by atoms with Gasteiger partial charge in [-0.2, -0.15) is 0 Å². The SMILES string of the molecule is CCCCCCCCCP([O-])[O-].CC[P+](C)(CC)CC.CC[P+](C)(CC)CC. The van der Waals surface area contributed by atoms with Gasteiger partial charge in [0, 0.05) is 27.9 Å². The van der Waals surface area contributed by atoms with Crippen LogP contribution in [0.1, 0.15) is 93.4 Å². The van der Waals surface area contributed by atoms with Gasteiger partial charge in [0.05, 0.1) is 37.0 Å². The van der Waals surface area contributed by atoms with E-state index in [9.17, 15) is 9.79 Å². The molecule has 0 bridgehead atoms. The summed E-state index contributed by atoms with van der Waals surface area (Å²) >= 11 is 0. The van der Waals surface area contributed by atoms with Crippen LogP contribution in [0.25, 0.3) is 0 Å². The largest absolute Gasteiger partial charge is 0.842 e. The lowest BCUT2D eigenvalue weighted by Crippen LogP contribution is -2.10. The average molecular weight is 457 g/mol. The fourth-order valence-corrected chi connectivity index (χ4v) is 5.70. The summed E-state index contributed by atoms with van der Waals surface area (Å²) in [6.45, 7) is 21.0. The molecule has 0 amide bonds. The molecule has 5 heteroatoms. The van der Waals surface area contributed by atoms with Gasteiger partial charge in [-0.05, 0) is 41.5 Å². The third kappa shape index (κ3) is 23.5. The zero-order chi connectivity index (χ0) is 22.5. The molecular weight excluding hydrogens is 401 g/mol. The zero-order valence-electron chi connectivity index (χ0n) is 21.1. The molecule has 0 aliphatic rings. The van der Waals surface area contributed by atoms with Crippen molar-refractivity contribution >= 4 is 22.9 Å². The first kappa shape index (κ1) is 33.8. The minimum absolute atomic E-state index is 0.378. The third-order valence-electron chi connectivity index (χ3n) is 6.52. The van der Waals surface area contributed by atoms with Gasteiger partial charge in [-0.25, -0.2) is 0 Å². The topological polar surface area (TPSA) is 46.1 Å². The molecule has 0 spiro atoms. The Morgan fingerprint density at radius 1 is 0.500 bits per heavy atom. The van der Waals surface area contributed by atoms with Crippen molar-refractivity contribution in [1.29, 1.82) is 0 Å². The third-order valence-corrected chi connectivity index (χ3v) is 16.4. The standard InChI is InChI=1S/C9H19O2P.2C7H18P/c1-2-3-4-5-6-7-8-9-12(10)11;2*1-5-8(4,6-2)7-3/h2-9H2,1H3;2*5-7H2,1-4H3/q-2;2*+1. The summed E-state index contributed by atoms with van der Waals surface area (Å²) in [4.78, 5) is 20.3. The molecule has 0 rings (SSSR count). The minimum Gasteiger partial charge on any atom is -0.842 e. The second-order valence-electron chi connectivity index (χ2n) is 8.31. The summed E-state index contributed by atoms with van der Waals surface area (Å²) in [7, 11) is -2.95. The van der Waals surface area contributed by atoms with Crippen molar-refractivity contribution in [3.05, 3.63) is 0 Å². The predicted octanol–water partition coefficient (Wildman–Crippen LogP) is 7.16. The van der Waals surface area contributed by atoms with Crippen molar-refractivity contribution < 1.29 is 9.79 Å². The first-order valence-corrected chi connectivity index (χ1v) is 18.9. The fraction of sp³-hybridized carbons (Fsp3) is 1.00. The van der Waals surface area contributed by atoms with Gasteiger partial charge in [-0.1, -0.05) is 58.0 Å². The summed E-state index contributed by atoms with van der Waals surface area (Å²) in [5.41, 5.74) is 0. The molecule has 0 radical (unpaired) electrons. The van der Waals surface area contributed by atoms with E-state index in [1.54, 1.807) is 0 Å². The Bertz CT molecular complexity index is 257. The highest BCUT2D eigenvalue weighted by atomic mass is 31.2. The van der Waals surface area contributed by atoms with Crippen molar-refractivity contribution in [2.24, 2.45) is 0 Å². The minimum atomic E-state index is -2.13. The van der Waals surface area contributed by atoms with E-state index in [1.807, 2.05) is 0 Å². The smallest absolute Gasteiger partial charge is 0.0563 e. The van der Waals surface area contributed by atoms with Gasteiger partial charge >= 0.3 is 0 Å². The molecule has 174 valence electrons. The van der Waals surface area contributed by atoms with Crippen molar-refractivity contribution in [3.63, 3.8) is 0 Å². The van der Waals surface area contributed by atoms with E-state index >= 15 is 0 Å². The van der Waals surface area contributed by atoms with E-state index < -0.39 is 22.9 Å². The molecule has 28 heavy (non-hydrogen) atoms. The molecule has 0 atom stereocenters. The van der Waals surface area contributed by atoms with Crippen LogP contribution < -0.4 is 9.79 Å². The quantitative estimate of drug-likeness (QED) is 0.206. The highest BCUT2D eigenvalue weighted by Crippen LogP contribution is 2.53. The Hall–Kier alpha value is 1.21. The lowest BCUT2D eigenvalue weighted by atomic mass is 10.1. The Kier molecular flexibility index (Phi) is 27.7. The van der Waals surface area contributed by atoms with E-state index in [2.05, 4.69) is 61.8 Å². The maximum absolute atomic E-state index is 10.2. The van der Waals surface area contributed by atoms with Crippen molar-refractivity contribution in [3.8, 4) is 0 Å². The first-order valence-electron chi connectivity index (χ1n) is 11.9. The van der Waals surface area contributed by atoms with Gasteiger partial charge in [0.25, 0.3) is 0 Å². The van der Waals surface area contributed by atoms with Crippen LogP contribution in [-0.2, 0) is 0 Å². The van der Waals surface area contributed by atoms with Crippen molar-refractivity contribution in [1.82, 2.24) is 0 Å². The highest BCUT2D eigenvalue weighted by Gasteiger charge is 2.23. The number of rotatable bonds is 14. The molecular formula is C23H55O2P3. The lowest BCUT2D eigenvalue weighted by molar-refractivity contribution is -0.292. The van der Waals surface area contributed by atoms with E-state index in [1.165, 1.54) is 69.1 Å². The second kappa shape index (κ2) is 22.9. The van der Waals surface area contributed by atoms with Crippen LogP contribution in [0.5, 0.6) is 0 Å². The molecule has 0 aromatic carbocycles. The van der Waals surface area contributed by atoms with Crippen LogP contribution in [0, 0.1) is 0 Å². The fourth-order valence-electron chi connectivity index (χ4n) is 2.54. The number of hydrogen-bond donors (Lipinski definition) is 0. The molecule has 0 saturated carbocycles. The van der Waals surface area contributed by atoms with E-state index in [4.69, 9.17) is 0 Å². The lowest BCUT2D eigenvalue weighted by Gasteiger charge is -2.30. The normalized spacial score (nSPS) is 11.6. The first-order chi connectivity index (χ1) is 13.1.